The second-order valence-corrected chi connectivity index (χ2v) is 5.40. The van der Waals surface area contributed by atoms with Gasteiger partial charge >= 0.3 is 12.0 Å². The fourth-order valence-electron chi connectivity index (χ4n) is 1.54. The zero-order valence-corrected chi connectivity index (χ0v) is 12.5. The molecular formula is C13H16Cl2N2O3. The molecule has 7 heteroatoms. The highest BCUT2D eigenvalue weighted by atomic mass is 35.5. The zero-order valence-electron chi connectivity index (χ0n) is 11.0. The van der Waals surface area contributed by atoms with Gasteiger partial charge in [-0.2, -0.15) is 0 Å². The summed E-state index contributed by atoms with van der Waals surface area (Å²) in [7, 11) is 0. The third-order valence-corrected chi connectivity index (χ3v) is 3.02. The molecule has 1 atom stereocenters. The Bertz CT molecular complexity index is 474. The minimum atomic E-state index is -0.838. The summed E-state index contributed by atoms with van der Waals surface area (Å²) in [6, 6.07) is 4.35. The Balaban J connectivity index is 2.38. The molecule has 0 aliphatic carbocycles. The molecule has 0 radical (unpaired) electrons. The van der Waals surface area contributed by atoms with Gasteiger partial charge in [-0.05, 0) is 30.5 Å². The molecular weight excluding hydrogens is 303 g/mol. The fraction of sp³-hybridized carbons (Fsp3) is 0.385. The average Bonchev–Trinajstić information content (AvgIpc) is 2.32. The van der Waals surface area contributed by atoms with Crippen molar-refractivity contribution in [3.8, 4) is 0 Å². The normalized spacial score (nSPS) is 11.8. The van der Waals surface area contributed by atoms with E-state index >= 15 is 0 Å². The smallest absolute Gasteiger partial charge is 0.319 e. The van der Waals surface area contributed by atoms with Crippen molar-refractivity contribution in [3.05, 3.63) is 28.2 Å². The van der Waals surface area contributed by atoms with Crippen molar-refractivity contribution in [2.45, 2.75) is 19.8 Å². The highest BCUT2D eigenvalue weighted by molar-refractivity contribution is 6.35. The Hall–Kier alpha value is -1.46. The molecule has 1 aromatic carbocycles. The van der Waals surface area contributed by atoms with E-state index in [-0.39, 0.29) is 18.4 Å². The lowest BCUT2D eigenvalue weighted by Crippen LogP contribution is -2.32. The topological polar surface area (TPSA) is 78.4 Å². The maximum atomic E-state index is 11.7. The maximum Gasteiger partial charge on any atom is 0.319 e. The van der Waals surface area contributed by atoms with E-state index in [1.165, 1.54) is 0 Å². The summed E-state index contributed by atoms with van der Waals surface area (Å²) in [6.45, 7) is 2.27. The monoisotopic (exact) mass is 318 g/mol. The second-order valence-electron chi connectivity index (χ2n) is 4.53. The van der Waals surface area contributed by atoms with E-state index in [9.17, 15) is 9.59 Å². The van der Waals surface area contributed by atoms with E-state index in [2.05, 4.69) is 10.6 Å². The van der Waals surface area contributed by atoms with Crippen LogP contribution in [0.1, 0.15) is 19.8 Å². The van der Waals surface area contributed by atoms with Crippen LogP contribution in [0.15, 0.2) is 18.2 Å². The zero-order chi connectivity index (χ0) is 15.1. The van der Waals surface area contributed by atoms with Crippen molar-refractivity contribution < 1.29 is 14.7 Å². The maximum absolute atomic E-state index is 11.7. The van der Waals surface area contributed by atoms with Crippen molar-refractivity contribution >= 4 is 40.9 Å². The first kappa shape index (κ1) is 16.6. The molecule has 20 heavy (non-hydrogen) atoms. The summed E-state index contributed by atoms with van der Waals surface area (Å²) >= 11 is 11.6. The first-order chi connectivity index (χ1) is 9.36. The van der Waals surface area contributed by atoms with Gasteiger partial charge < -0.3 is 15.7 Å². The molecule has 1 aromatic rings. The largest absolute Gasteiger partial charge is 0.481 e. The average molecular weight is 319 g/mol. The first-order valence-electron chi connectivity index (χ1n) is 6.09. The Kier molecular flexibility index (Phi) is 6.61. The highest BCUT2D eigenvalue weighted by Crippen LogP contribution is 2.22. The number of hydrogen-bond donors (Lipinski definition) is 3. The number of anilines is 1. The van der Waals surface area contributed by atoms with Crippen LogP contribution in [0.2, 0.25) is 10.0 Å². The van der Waals surface area contributed by atoms with Crippen LogP contribution >= 0.6 is 23.2 Å². The molecule has 0 spiro atoms. The van der Waals surface area contributed by atoms with Gasteiger partial charge in [0.25, 0.3) is 0 Å². The lowest BCUT2D eigenvalue weighted by Gasteiger charge is -2.12. The van der Waals surface area contributed by atoms with E-state index in [0.717, 1.165) is 0 Å². The van der Waals surface area contributed by atoms with Gasteiger partial charge in [-0.25, -0.2) is 4.79 Å². The lowest BCUT2D eigenvalue weighted by atomic mass is 10.1. The number of hydrogen-bond acceptors (Lipinski definition) is 2. The quantitative estimate of drug-likeness (QED) is 0.749. The molecule has 110 valence electrons. The van der Waals surface area contributed by atoms with Crippen LogP contribution in [0, 0.1) is 5.92 Å². The predicted octanol–water partition coefficient (Wildman–Crippen LogP) is 3.62. The molecule has 1 unspecified atom stereocenters. The Labute approximate surface area is 127 Å². The molecule has 0 aliphatic rings. The Morgan fingerprint density at radius 2 is 1.85 bits per heavy atom. The Morgan fingerprint density at radius 1 is 1.25 bits per heavy atom. The van der Waals surface area contributed by atoms with E-state index in [4.69, 9.17) is 28.3 Å². The summed E-state index contributed by atoms with van der Waals surface area (Å²) in [4.78, 5) is 22.1. The molecule has 0 saturated carbocycles. The van der Waals surface area contributed by atoms with E-state index in [0.29, 0.717) is 28.7 Å². The van der Waals surface area contributed by atoms with Crippen LogP contribution in [-0.4, -0.2) is 23.7 Å². The SMILES string of the molecule is CC(CCC(=O)O)CNC(=O)Nc1cc(Cl)cc(Cl)c1. The number of rotatable bonds is 6. The van der Waals surface area contributed by atoms with Gasteiger partial charge in [0.05, 0.1) is 0 Å². The Morgan fingerprint density at radius 3 is 2.40 bits per heavy atom. The number of halogens is 2. The molecule has 1 rings (SSSR count). The molecule has 0 fully saturated rings. The van der Waals surface area contributed by atoms with Crippen molar-refractivity contribution in [3.63, 3.8) is 0 Å². The molecule has 0 bridgehead atoms. The fourth-order valence-corrected chi connectivity index (χ4v) is 2.07. The summed E-state index contributed by atoms with van der Waals surface area (Å²) in [6.07, 6.45) is 0.604. The highest BCUT2D eigenvalue weighted by Gasteiger charge is 2.08. The van der Waals surface area contributed by atoms with Gasteiger partial charge in [0.1, 0.15) is 0 Å². The first-order valence-corrected chi connectivity index (χ1v) is 6.85. The van der Waals surface area contributed by atoms with Crippen molar-refractivity contribution in [1.29, 1.82) is 0 Å². The number of amides is 2. The number of benzene rings is 1. The lowest BCUT2D eigenvalue weighted by molar-refractivity contribution is -0.137. The standard InChI is InChI=1S/C13H16Cl2N2O3/c1-8(2-3-12(18)19)7-16-13(20)17-11-5-9(14)4-10(15)6-11/h4-6,8H,2-3,7H2,1H3,(H,18,19)(H2,16,17,20). The minimum Gasteiger partial charge on any atom is -0.481 e. The molecule has 0 aromatic heterocycles. The van der Waals surface area contributed by atoms with Crippen molar-refractivity contribution in [2.24, 2.45) is 5.92 Å². The molecule has 2 amide bonds. The number of carbonyl (C=O) groups excluding carboxylic acids is 1. The van der Waals surface area contributed by atoms with Crippen molar-refractivity contribution in [2.75, 3.05) is 11.9 Å². The second kappa shape index (κ2) is 7.97. The minimum absolute atomic E-state index is 0.0831. The van der Waals surface area contributed by atoms with E-state index < -0.39 is 5.97 Å². The van der Waals surface area contributed by atoms with Crippen LogP contribution < -0.4 is 10.6 Å². The molecule has 0 aliphatic heterocycles. The van der Waals surface area contributed by atoms with Crippen molar-refractivity contribution in [1.82, 2.24) is 5.32 Å². The van der Waals surface area contributed by atoms with Crippen LogP contribution in [0.25, 0.3) is 0 Å². The van der Waals surface area contributed by atoms with Gasteiger partial charge in [0.15, 0.2) is 0 Å². The van der Waals surface area contributed by atoms with Crippen LogP contribution in [0.5, 0.6) is 0 Å². The molecule has 0 saturated heterocycles. The third kappa shape index (κ3) is 6.63. The van der Waals surface area contributed by atoms with Gasteiger partial charge in [0.2, 0.25) is 0 Å². The van der Waals surface area contributed by atoms with E-state index in [1.807, 2.05) is 6.92 Å². The molecule has 0 heterocycles. The summed E-state index contributed by atoms with van der Waals surface area (Å²) in [5.74, 6) is -0.755. The number of nitrogens with one attached hydrogen (secondary N) is 2. The number of carbonyl (C=O) groups is 2. The van der Waals surface area contributed by atoms with Crippen LogP contribution in [-0.2, 0) is 4.79 Å². The van der Waals surface area contributed by atoms with Crippen LogP contribution in [0.4, 0.5) is 10.5 Å². The summed E-state index contributed by atoms with van der Waals surface area (Å²) in [5.41, 5.74) is 0.498. The number of urea groups is 1. The third-order valence-electron chi connectivity index (χ3n) is 2.58. The van der Waals surface area contributed by atoms with Gasteiger partial charge in [-0.3, -0.25) is 4.79 Å². The van der Waals surface area contributed by atoms with Gasteiger partial charge in [0, 0.05) is 28.7 Å². The summed E-state index contributed by atoms with van der Waals surface area (Å²) < 4.78 is 0. The predicted molar refractivity (Wildman–Crippen MR) is 79.5 cm³/mol. The van der Waals surface area contributed by atoms with E-state index in [1.54, 1.807) is 18.2 Å². The van der Waals surface area contributed by atoms with Gasteiger partial charge in [-0.1, -0.05) is 30.1 Å². The molecule has 5 nitrogen and oxygen atoms in total. The number of carboxylic acids is 1. The summed E-state index contributed by atoms with van der Waals surface area (Å²) in [5, 5.41) is 14.7. The van der Waals surface area contributed by atoms with Gasteiger partial charge in [-0.15, -0.1) is 0 Å². The number of carboxylic acid groups (broad SMARTS) is 1. The number of aliphatic carboxylic acids is 1. The molecule has 3 N–H and O–H groups in total. The van der Waals surface area contributed by atoms with Crippen LogP contribution in [0.3, 0.4) is 0 Å².